The molecule has 0 aromatic carbocycles. The van der Waals surface area contributed by atoms with Crippen LogP contribution in [0.5, 0.6) is 0 Å². The first kappa shape index (κ1) is 23.0. The van der Waals surface area contributed by atoms with Crippen molar-refractivity contribution in [3.63, 3.8) is 0 Å². The van der Waals surface area contributed by atoms with Gasteiger partial charge in [0.15, 0.2) is 0 Å². The zero-order valence-electron chi connectivity index (χ0n) is 16.2. The molecule has 2 radical (unpaired) electrons. The van der Waals surface area contributed by atoms with Crippen LogP contribution >= 0.6 is 0 Å². The number of hydrogen-bond acceptors (Lipinski definition) is 0. The number of rotatable bonds is 20. The van der Waals surface area contributed by atoms with E-state index in [1.807, 2.05) is 6.08 Å². The van der Waals surface area contributed by atoms with Crippen LogP contribution in [0.4, 0.5) is 0 Å². The van der Waals surface area contributed by atoms with Gasteiger partial charge in [-0.05, 0) is 12.8 Å². The van der Waals surface area contributed by atoms with Crippen molar-refractivity contribution in [2.45, 2.75) is 128 Å². The summed E-state index contributed by atoms with van der Waals surface area (Å²) in [6.45, 7) is 6.10. The van der Waals surface area contributed by atoms with Gasteiger partial charge in [0.05, 0.1) is 0 Å². The van der Waals surface area contributed by atoms with Crippen molar-refractivity contribution in [3.05, 3.63) is 12.7 Å². The Kier molecular flexibility index (Phi) is 21.9. The molecular weight excluding hydrogens is 292 g/mol. The summed E-state index contributed by atoms with van der Waals surface area (Å²) < 4.78 is 0. The quantitative estimate of drug-likeness (QED) is 0.119. The Morgan fingerprint density at radius 3 is 1.13 bits per heavy atom. The van der Waals surface area contributed by atoms with Crippen molar-refractivity contribution >= 4 is 9.52 Å². The molecule has 0 fully saturated rings. The lowest BCUT2D eigenvalue weighted by molar-refractivity contribution is 0.527. The van der Waals surface area contributed by atoms with Crippen LogP contribution in [0, 0.1) is 0 Å². The largest absolute Gasteiger partial charge is 0.103 e. The van der Waals surface area contributed by atoms with Gasteiger partial charge in [-0.2, -0.15) is 0 Å². The highest BCUT2D eigenvalue weighted by Crippen LogP contribution is 2.14. The van der Waals surface area contributed by atoms with E-state index in [2.05, 4.69) is 13.1 Å². The van der Waals surface area contributed by atoms with E-state index in [1.165, 1.54) is 131 Å². The van der Waals surface area contributed by atoms with Crippen molar-refractivity contribution in [2.75, 3.05) is 0 Å². The topological polar surface area (TPSA) is 0 Å². The summed E-state index contributed by atoms with van der Waals surface area (Å²) in [6, 6.07) is 1.47. The zero-order valence-corrected chi connectivity index (χ0v) is 17.2. The maximum absolute atomic E-state index is 3.78. The van der Waals surface area contributed by atoms with Crippen molar-refractivity contribution in [3.8, 4) is 0 Å². The van der Waals surface area contributed by atoms with Crippen molar-refractivity contribution in [1.29, 1.82) is 0 Å². The standard InChI is InChI=1S/C22H44Si/c1-3-4-5-6-7-8-9-10-11-12-13-14-15-16-17-18-19-20-21-22-23-2/h3H,1,4-22H2,2H3. The molecule has 0 heterocycles. The minimum Gasteiger partial charge on any atom is -0.103 e. The SMILES string of the molecule is C=CCCCCCCCCCCCCCCCCCCC[Si]C. The highest BCUT2D eigenvalue weighted by atomic mass is 28.2. The van der Waals surface area contributed by atoms with Crippen LogP contribution in [0.3, 0.4) is 0 Å². The summed E-state index contributed by atoms with van der Waals surface area (Å²) in [6.07, 6.45) is 28.2. The Morgan fingerprint density at radius 1 is 0.522 bits per heavy atom. The summed E-state index contributed by atoms with van der Waals surface area (Å²) in [5.41, 5.74) is 0. The average Bonchev–Trinajstić information content (AvgIpc) is 2.57. The van der Waals surface area contributed by atoms with Gasteiger partial charge < -0.3 is 0 Å². The summed E-state index contributed by atoms with van der Waals surface area (Å²) in [4.78, 5) is 0. The molecule has 23 heavy (non-hydrogen) atoms. The van der Waals surface area contributed by atoms with E-state index in [1.54, 1.807) is 0 Å². The van der Waals surface area contributed by atoms with Crippen LogP contribution in [0.15, 0.2) is 12.7 Å². The van der Waals surface area contributed by atoms with Crippen molar-refractivity contribution in [1.82, 2.24) is 0 Å². The lowest BCUT2D eigenvalue weighted by Gasteiger charge is -2.03. The first-order valence-electron chi connectivity index (χ1n) is 10.7. The lowest BCUT2D eigenvalue weighted by Crippen LogP contribution is -1.85. The fourth-order valence-electron chi connectivity index (χ4n) is 3.24. The predicted octanol–water partition coefficient (Wildman–Crippen LogP) is 8.36. The second-order valence-electron chi connectivity index (χ2n) is 7.19. The summed E-state index contributed by atoms with van der Waals surface area (Å²) in [7, 11) is 1.17. The fourth-order valence-corrected chi connectivity index (χ4v) is 3.85. The summed E-state index contributed by atoms with van der Waals surface area (Å²) in [5, 5.41) is 0. The van der Waals surface area contributed by atoms with Crippen LogP contribution in [0.2, 0.25) is 12.6 Å². The smallest absolute Gasteiger partial charge is 0.0342 e. The van der Waals surface area contributed by atoms with E-state index in [-0.39, 0.29) is 0 Å². The van der Waals surface area contributed by atoms with E-state index in [0.29, 0.717) is 0 Å². The molecule has 0 aromatic rings. The third-order valence-corrected chi connectivity index (χ3v) is 5.69. The van der Waals surface area contributed by atoms with Crippen molar-refractivity contribution in [2.24, 2.45) is 0 Å². The highest BCUT2D eigenvalue weighted by molar-refractivity contribution is 6.33. The molecular formula is C22H44Si. The summed E-state index contributed by atoms with van der Waals surface area (Å²) >= 11 is 0. The predicted molar refractivity (Wildman–Crippen MR) is 110 cm³/mol. The van der Waals surface area contributed by atoms with E-state index in [9.17, 15) is 0 Å². The maximum atomic E-state index is 3.78. The Morgan fingerprint density at radius 2 is 0.826 bits per heavy atom. The molecule has 0 atom stereocenters. The van der Waals surface area contributed by atoms with Crippen LogP contribution in [-0.4, -0.2) is 9.52 Å². The minimum atomic E-state index is 1.17. The molecule has 0 saturated heterocycles. The van der Waals surface area contributed by atoms with E-state index in [4.69, 9.17) is 0 Å². The highest BCUT2D eigenvalue weighted by Gasteiger charge is 1.95. The molecule has 0 aromatic heterocycles. The van der Waals surface area contributed by atoms with Crippen molar-refractivity contribution < 1.29 is 0 Å². The van der Waals surface area contributed by atoms with Gasteiger partial charge in [-0.1, -0.05) is 121 Å². The van der Waals surface area contributed by atoms with Crippen LogP contribution in [0.1, 0.15) is 116 Å². The van der Waals surface area contributed by atoms with Gasteiger partial charge in [-0.25, -0.2) is 0 Å². The molecule has 0 rings (SSSR count). The van der Waals surface area contributed by atoms with E-state index >= 15 is 0 Å². The van der Waals surface area contributed by atoms with Gasteiger partial charge in [-0.15, -0.1) is 6.58 Å². The molecule has 0 saturated carbocycles. The molecule has 0 aliphatic rings. The van der Waals surface area contributed by atoms with Crippen LogP contribution in [0.25, 0.3) is 0 Å². The lowest BCUT2D eigenvalue weighted by atomic mass is 10.0. The van der Waals surface area contributed by atoms with Gasteiger partial charge in [0.25, 0.3) is 0 Å². The Hall–Kier alpha value is -0.0431. The molecule has 0 aliphatic heterocycles. The number of allylic oxidation sites excluding steroid dienone is 1. The summed E-state index contributed by atoms with van der Waals surface area (Å²) in [5.74, 6) is 0. The van der Waals surface area contributed by atoms with Crippen LogP contribution in [-0.2, 0) is 0 Å². The third-order valence-electron chi connectivity index (χ3n) is 4.84. The average molecular weight is 337 g/mol. The number of unbranched alkanes of at least 4 members (excludes halogenated alkanes) is 17. The molecule has 136 valence electrons. The monoisotopic (exact) mass is 336 g/mol. The Labute approximate surface area is 150 Å². The Bertz CT molecular complexity index is 212. The second kappa shape index (κ2) is 22.0. The fraction of sp³-hybridized carbons (Fsp3) is 0.909. The molecule has 0 amide bonds. The van der Waals surface area contributed by atoms with Gasteiger partial charge >= 0.3 is 0 Å². The molecule has 0 unspecified atom stereocenters. The first-order chi connectivity index (χ1) is 11.4. The van der Waals surface area contributed by atoms with Gasteiger partial charge in [0, 0.05) is 9.52 Å². The van der Waals surface area contributed by atoms with E-state index < -0.39 is 0 Å². The second-order valence-corrected chi connectivity index (χ2v) is 8.40. The van der Waals surface area contributed by atoms with Crippen LogP contribution < -0.4 is 0 Å². The minimum absolute atomic E-state index is 1.17. The van der Waals surface area contributed by atoms with Gasteiger partial charge in [-0.3, -0.25) is 0 Å². The first-order valence-corrected chi connectivity index (χ1v) is 12.4. The third kappa shape index (κ3) is 22.0. The molecule has 0 aliphatic carbocycles. The number of hydrogen-bond donors (Lipinski definition) is 0. The normalized spacial score (nSPS) is 11.0. The van der Waals surface area contributed by atoms with Gasteiger partial charge in [0.1, 0.15) is 0 Å². The molecule has 1 heteroatoms. The van der Waals surface area contributed by atoms with Gasteiger partial charge in [0.2, 0.25) is 0 Å². The Balaban J connectivity index is 2.93. The molecule has 0 bridgehead atoms. The maximum Gasteiger partial charge on any atom is 0.0342 e. The molecule has 0 nitrogen and oxygen atoms in total. The van der Waals surface area contributed by atoms with E-state index in [0.717, 1.165) is 0 Å². The molecule has 0 N–H and O–H groups in total. The zero-order chi connectivity index (χ0) is 16.8. The molecule has 0 spiro atoms.